The molecule has 0 atom stereocenters. The maximum atomic E-state index is 12.7. The summed E-state index contributed by atoms with van der Waals surface area (Å²) in [6, 6.07) is 16.5. The molecular weight excluding hydrogens is 378 g/mol. The van der Waals surface area contributed by atoms with Gasteiger partial charge >= 0.3 is 6.03 Å². The second-order valence-electron chi connectivity index (χ2n) is 8.02. The van der Waals surface area contributed by atoms with Gasteiger partial charge in [-0.25, -0.2) is 4.79 Å². The number of amides is 3. The lowest BCUT2D eigenvalue weighted by molar-refractivity contribution is -0.121. The van der Waals surface area contributed by atoms with Gasteiger partial charge in [-0.3, -0.25) is 4.79 Å². The standard InChI is InChI=1S/C24H29N3O3/c28-23(26-21-8-9-21)11-7-19-6-10-22-20(16-19)17-27(14-15-30-22)24(29)25-13-12-18-4-2-1-3-5-18/h1-6,10,16,21H,7-9,11-15,17H2,(H,25,29)(H,26,28). The van der Waals surface area contributed by atoms with Crippen LogP contribution in [0.15, 0.2) is 48.5 Å². The summed E-state index contributed by atoms with van der Waals surface area (Å²) in [5.74, 6) is 0.934. The Kier molecular flexibility index (Phi) is 6.52. The molecule has 1 aliphatic carbocycles. The molecule has 1 aliphatic heterocycles. The van der Waals surface area contributed by atoms with Crippen LogP contribution in [0.2, 0.25) is 0 Å². The number of nitrogens with one attached hydrogen (secondary N) is 2. The first-order valence-electron chi connectivity index (χ1n) is 10.8. The van der Waals surface area contributed by atoms with Crippen LogP contribution in [-0.4, -0.2) is 42.6 Å². The van der Waals surface area contributed by atoms with Gasteiger partial charge in [-0.05, 0) is 42.9 Å². The number of fused-ring (bicyclic) bond motifs is 1. The van der Waals surface area contributed by atoms with Crippen LogP contribution in [0.5, 0.6) is 5.75 Å². The zero-order valence-corrected chi connectivity index (χ0v) is 17.2. The Morgan fingerprint density at radius 2 is 1.87 bits per heavy atom. The van der Waals surface area contributed by atoms with Gasteiger partial charge in [-0.2, -0.15) is 0 Å². The van der Waals surface area contributed by atoms with Crippen molar-refractivity contribution in [2.45, 2.75) is 44.7 Å². The van der Waals surface area contributed by atoms with Crippen molar-refractivity contribution in [2.24, 2.45) is 0 Å². The molecule has 0 unspecified atom stereocenters. The van der Waals surface area contributed by atoms with E-state index in [9.17, 15) is 9.59 Å². The summed E-state index contributed by atoms with van der Waals surface area (Å²) < 4.78 is 5.84. The fourth-order valence-electron chi connectivity index (χ4n) is 3.63. The summed E-state index contributed by atoms with van der Waals surface area (Å²) in [6.45, 7) is 2.13. The maximum absolute atomic E-state index is 12.7. The Hall–Kier alpha value is -3.02. The molecule has 4 rings (SSSR count). The lowest BCUT2D eigenvalue weighted by Crippen LogP contribution is -2.41. The van der Waals surface area contributed by atoms with E-state index in [-0.39, 0.29) is 11.9 Å². The van der Waals surface area contributed by atoms with Crippen LogP contribution in [0, 0.1) is 0 Å². The summed E-state index contributed by atoms with van der Waals surface area (Å²) in [4.78, 5) is 26.4. The average Bonchev–Trinajstić information content (AvgIpc) is 3.59. The van der Waals surface area contributed by atoms with Gasteiger partial charge in [0.1, 0.15) is 12.4 Å². The van der Waals surface area contributed by atoms with Gasteiger partial charge in [0.05, 0.1) is 13.1 Å². The minimum atomic E-state index is -0.0726. The molecule has 0 saturated heterocycles. The van der Waals surface area contributed by atoms with E-state index >= 15 is 0 Å². The number of hydrogen-bond donors (Lipinski definition) is 2. The average molecular weight is 408 g/mol. The predicted octanol–water partition coefficient (Wildman–Crippen LogP) is 3.04. The van der Waals surface area contributed by atoms with Crippen LogP contribution in [0.4, 0.5) is 4.79 Å². The topological polar surface area (TPSA) is 70.7 Å². The predicted molar refractivity (Wildman–Crippen MR) is 115 cm³/mol. The second-order valence-corrected chi connectivity index (χ2v) is 8.02. The first-order chi connectivity index (χ1) is 14.7. The van der Waals surface area contributed by atoms with Crippen LogP contribution in [0.25, 0.3) is 0 Å². The largest absolute Gasteiger partial charge is 0.491 e. The van der Waals surface area contributed by atoms with E-state index in [0.29, 0.717) is 45.1 Å². The molecule has 2 aliphatic rings. The molecule has 2 N–H and O–H groups in total. The third kappa shape index (κ3) is 5.75. The molecule has 1 heterocycles. The molecule has 3 amide bonds. The molecule has 0 spiro atoms. The van der Waals surface area contributed by atoms with Crippen molar-refractivity contribution in [3.8, 4) is 5.75 Å². The third-order valence-corrected chi connectivity index (χ3v) is 5.51. The van der Waals surface area contributed by atoms with Gasteiger partial charge in [0.15, 0.2) is 0 Å². The summed E-state index contributed by atoms with van der Waals surface area (Å²) in [5, 5.41) is 6.04. The molecular formula is C24H29N3O3. The van der Waals surface area contributed by atoms with E-state index < -0.39 is 0 Å². The summed E-state index contributed by atoms with van der Waals surface area (Å²) in [7, 11) is 0. The highest BCUT2D eigenvalue weighted by molar-refractivity contribution is 5.77. The van der Waals surface area contributed by atoms with E-state index in [1.165, 1.54) is 5.56 Å². The van der Waals surface area contributed by atoms with Crippen molar-refractivity contribution in [3.63, 3.8) is 0 Å². The number of benzene rings is 2. The molecule has 1 saturated carbocycles. The Bertz CT molecular complexity index is 881. The SMILES string of the molecule is O=C(CCc1ccc2c(c1)CN(C(=O)NCCc1ccccc1)CCO2)NC1CC1. The molecule has 6 nitrogen and oxygen atoms in total. The molecule has 0 aromatic heterocycles. The van der Waals surface area contributed by atoms with Gasteiger partial charge in [0, 0.05) is 24.6 Å². The van der Waals surface area contributed by atoms with E-state index in [1.54, 1.807) is 4.90 Å². The van der Waals surface area contributed by atoms with Gasteiger partial charge < -0.3 is 20.3 Å². The number of urea groups is 1. The molecule has 1 fully saturated rings. The number of aryl methyl sites for hydroxylation is 1. The summed E-state index contributed by atoms with van der Waals surface area (Å²) >= 11 is 0. The summed E-state index contributed by atoms with van der Waals surface area (Å²) in [5.41, 5.74) is 3.29. The minimum Gasteiger partial charge on any atom is -0.491 e. The lowest BCUT2D eigenvalue weighted by atomic mass is 10.0. The Morgan fingerprint density at radius 1 is 1.03 bits per heavy atom. The maximum Gasteiger partial charge on any atom is 0.317 e. The van der Waals surface area contributed by atoms with Crippen LogP contribution in [0.1, 0.15) is 36.0 Å². The fraction of sp³-hybridized carbons (Fsp3) is 0.417. The highest BCUT2D eigenvalue weighted by Gasteiger charge is 2.23. The van der Waals surface area contributed by atoms with Crippen LogP contribution in [0.3, 0.4) is 0 Å². The van der Waals surface area contributed by atoms with Crippen molar-refractivity contribution in [3.05, 3.63) is 65.2 Å². The van der Waals surface area contributed by atoms with Crippen molar-refractivity contribution < 1.29 is 14.3 Å². The van der Waals surface area contributed by atoms with Crippen LogP contribution in [-0.2, 0) is 24.2 Å². The number of carbonyl (C=O) groups excluding carboxylic acids is 2. The fourth-order valence-corrected chi connectivity index (χ4v) is 3.63. The monoisotopic (exact) mass is 407 g/mol. The molecule has 6 heteroatoms. The molecule has 0 bridgehead atoms. The van der Waals surface area contributed by atoms with Crippen LogP contribution < -0.4 is 15.4 Å². The van der Waals surface area contributed by atoms with Crippen molar-refractivity contribution in [1.82, 2.24) is 15.5 Å². The molecule has 2 aromatic rings. The highest BCUT2D eigenvalue weighted by atomic mass is 16.5. The normalized spacial score (nSPS) is 15.5. The molecule has 158 valence electrons. The number of hydrogen-bond acceptors (Lipinski definition) is 3. The number of ether oxygens (including phenoxy) is 1. The molecule has 2 aromatic carbocycles. The molecule has 0 radical (unpaired) electrons. The quantitative estimate of drug-likeness (QED) is 0.741. The van der Waals surface area contributed by atoms with Crippen LogP contribution >= 0.6 is 0 Å². The Labute approximate surface area is 177 Å². The Morgan fingerprint density at radius 3 is 2.67 bits per heavy atom. The first-order valence-corrected chi connectivity index (χ1v) is 10.8. The van der Waals surface area contributed by atoms with Gasteiger partial charge in [-0.15, -0.1) is 0 Å². The highest BCUT2D eigenvalue weighted by Crippen LogP contribution is 2.25. The minimum absolute atomic E-state index is 0.0726. The molecule has 30 heavy (non-hydrogen) atoms. The van der Waals surface area contributed by atoms with E-state index in [2.05, 4.69) is 28.8 Å². The van der Waals surface area contributed by atoms with Gasteiger partial charge in [0.25, 0.3) is 0 Å². The third-order valence-electron chi connectivity index (χ3n) is 5.51. The van der Waals surface area contributed by atoms with E-state index in [1.807, 2.05) is 30.3 Å². The Balaban J connectivity index is 1.30. The smallest absolute Gasteiger partial charge is 0.317 e. The van der Waals surface area contributed by atoms with Gasteiger partial charge in [0.2, 0.25) is 5.91 Å². The van der Waals surface area contributed by atoms with Crippen molar-refractivity contribution in [1.29, 1.82) is 0 Å². The van der Waals surface area contributed by atoms with Gasteiger partial charge in [-0.1, -0.05) is 42.5 Å². The van der Waals surface area contributed by atoms with Crippen molar-refractivity contribution in [2.75, 3.05) is 19.7 Å². The second kappa shape index (κ2) is 9.65. The van der Waals surface area contributed by atoms with Crippen molar-refractivity contribution >= 4 is 11.9 Å². The van der Waals surface area contributed by atoms with E-state index in [4.69, 9.17) is 4.74 Å². The number of rotatable bonds is 7. The zero-order chi connectivity index (χ0) is 20.8. The number of nitrogens with zero attached hydrogens (tertiary/aromatic N) is 1. The first kappa shape index (κ1) is 20.3. The number of carbonyl (C=O) groups is 2. The summed E-state index contributed by atoms with van der Waals surface area (Å²) in [6.07, 6.45) is 4.19. The lowest BCUT2D eigenvalue weighted by Gasteiger charge is -2.20. The van der Waals surface area contributed by atoms with E-state index in [0.717, 1.165) is 36.1 Å². The zero-order valence-electron chi connectivity index (χ0n) is 17.2.